The number of halogens is 1. The van der Waals surface area contributed by atoms with Gasteiger partial charge in [-0.3, -0.25) is 9.59 Å². The molecule has 1 heterocycles. The highest BCUT2D eigenvalue weighted by molar-refractivity contribution is 5.89. The van der Waals surface area contributed by atoms with E-state index in [1.807, 2.05) is 0 Å². The van der Waals surface area contributed by atoms with Gasteiger partial charge in [-0.05, 0) is 38.7 Å². The second-order valence-corrected chi connectivity index (χ2v) is 7.11. The van der Waals surface area contributed by atoms with Crippen LogP contribution in [0, 0.1) is 11.7 Å². The Hall–Kier alpha value is -1.91. The van der Waals surface area contributed by atoms with Crippen molar-refractivity contribution in [3.05, 3.63) is 35.6 Å². The van der Waals surface area contributed by atoms with E-state index in [0.717, 1.165) is 25.7 Å². The lowest BCUT2D eigenvalue weighted by molar-refractivity contribution is -0.152. The number of carbonyl (C=O) groups excluding carboxylic acids is 2. The summed E-state index contributed by atoms with van der Waals surface area (Å²) in [5.41, 5.74) is -0.266. The van der Waals surface area contributed by atoms with E-state index in [1.54, 1.807) is 30.0 Å². The summed E-state index contributed by atoms with van der Waals surface area (Å²) < 4.78 is 19.6. The van der Waals surface area contributed by atoms with Crippen molar-refractivity contribution in [1.82, 2.24) is 4.90 Å². The molecule has 0 radical (unpaired) electrons. The molecule has 4 nitrogen and oxygen atoms in total. The van der Waals surface area contributed by atoms with E-state index in [0.29, 0.717) is 38.1 Å². The van der Waals surface area contributed by atoms with Gasteiger partial charge in [0.1, 0.15) is 5.82 Å². The Kier molecular flexibility index (Phi) is 5.40. The van der Waals surface area contributed by atoms with E-state index >= 15 is 0 Å². The third kappa shape index (κ3) is 3.42. The Balaban J connectivity index is 1.84. The first-order chi connectivity index (χ1) is 12.1. The maximum absolute atomic E-state index is 14.5. The first-order valence-corrected chi connectivity index (χ1v) is 9.29. The number of piperidine rings is 1. The number of hydrogen-bond donors (Lipinski definition) is 0. The first-order valence-electron chi connectivity index (χ1n) is 9.29. The van der Waals surface area contributed by atoms with Gasteiger partial charge in [0, 0.05) is 18.7 Å². The molecule has 1 amide bonds. The number of rotatable bonds is 4. The van der Waals surface area contributed by atoms with Crippen molar-refractivity contribution in [2.75, 3.05) is 19.7 Å². The van der Waals surface area contributed by atoms with Crippen LogP contribution in [0.2, 0.25) is 0 Å². The predicted molar refractivity (Wildman–Crippen MR) is 92.5 cm³/mol. The van der Waals surface area contributed by atoms with Crippen LogP contribution in [-0.2, 0) is 19.7 Å². The molecule has 0 spiro atoms. The van der Waals surface area contributed by atoms with E-state index in [-0.39, 0.29) is 23.6 Å². The van der Waals surface area contributed by atoms with E-state index < -0.39 is 5.41 Å². The fourth-order valence-electron chi connectivity index (χ4n) is 4.34. The number of benzene rings is 1. The smallest absolute Gasteiger partial charge is 0.310 e. The van der Waals surface area contributed by atoms with Crippen LogP contribution >= 0.6 is 0 Å². The zero-order valence-corrected chi connectivity index (χ0v) is 14.8. The lowest BCUT2D eigenvalue weighted by Crippen LogP contribution is -2.50. The predicted octanol–water partition coefficient (Wildman–Crippen LogP) is 3.44. The fraction of sp³-hybridized carbons (Fsp3) is 0.600. The topological polar surface area (TPSA) is 46.6 Å². The molecule has 1 aromatic carbocycles. The van der Waals surface area contributed by atoms with Crippen molar-refractivity contribution in [2.24, 2.45) is 5.92 Å². The third-order valence-corrected chi connectivity index (χ3v) is 5.58. The Morgan fingerprint density at radius 3 is 2.64 bits per heavy atom. The van der Waals surface area contributed by atoms with Crippen LogP contribution in [0.25, 0.3) is 0 Å². The summed E-state index contributed by atoms with van der Waals surface area (Å²) in [7, 11) is 0. The van der Waals surface area contributed by atoms with Crippen LogP contribution in [-0.4, -0.2) is 36.5 Å². The Morgan fingerprint density at radius 2 is 1.96 bits per heavy atom. The van der Waals surface area contributed by atoms with Gasteiger partial charge in [-0.25, -0.2) is 4.39 Å². The van der Waals surface area contributed by atoms with Gasteiger partial charge in [0.2, 0.25) is 5.91 Å². The number of carbonyl (C=O) groups is 2. The van der Waals surface area contributed by atoms with Crippen LogP contribution in [0.1, 0.15) is 51.0 Å². The standard InChI is InChI=1S/C20H26FNO3/c1-2-25-18(23)15-8-7-13-22(14-15)19(24)20(11-5-6-12-20)16-9-3-4-10-17(16)21/h3-4,9-10,15H,2,5-8,11-14H2,1H3. The molecule has 136 valence electrons. The molecular formula is C20H26FNO3. The van der Waals surface area contributed by atoms with Crippen molar-refractivity contribution in [3.63, 3.8) is 0 Å². The minimum Gasteiger partial charge on any atom is -0.466 e. The molecule has 1 atom stereocenters. The number of amides is 1. The van der Waals surface area contributed by atoms with Gasteiger partial charge in [0.25, 0.3) is 0 Å². The molecule has 2 aliphatic rings. The normalized spacial score (nSPS) is 22.6. The van der Waals surface area contributed by atoms with Crippen LogP contribution in [0.5, 0.6) is 0 Å². The quantitative estimate of drug-likeness (QED) is 0.784. The minimum atomic E-state index is -0.776. The maximum Gasteiger partial charge on any atom is 0.310 e. The highest BCUT2D eigenvalue weighted by atomic mass is 19.1. The zero-order chi connectivity index (χ0) is 17.9. The Bertz CT molecular complexity index is 640. The molecule has 0 aromatic heterocycles. The molecule has 5 heteroatoms. The monoisotopic (exact) mass is 347 g/mol. The molecule has 1 saturated carbocycles. The van der Waals surface area contributed by atoms with Gasteiger partial charge >= 0.3 is 5.97 Å². The van der Waals surface area contributed by atoms with E-state index in [2.05, 4.69) is 0 Å². The summed E-state index contributed by atoms with van der Waals surface area (Å²) in [6, 6.07) is 6.62. The average molecular weight is 347 g/mol. The van der Waals surface area contributed by atoms with Crippen molar-refractivity contribution in [2.45, 2.75) is 50.9 Å². The van der Waals surface area contributed by atoms with E-state index in [4.69, 9.17) is 4.74 Å². The molecule has 1 aromatic rings. The summed E-state index contributed by atoms with van der Waals surface area (Å²) in [5.74, 6) is -0.830. The summed E-state index contributed by atoms with van der Waals surface area (Å²) in [4.78, 5) is 27.2. The largest absolute Gasteiger partial charge is 0.466 e. The summed E-state index contributed by atoms with van der Waals surface area (Å²) in [6.07, 6.45) is 4.73. The van der Waals surface area contributed by atoms with E-state index in [9.17, 15) is 14.0 Å². The number of ether oxygens (including phenoxy) is 1. The molecule has 3 rings (SSSR count). The van der Waals surface area contributed by atoms with Gasteiger partial charge in [-0.1, -0.05) is 31.0 Å². The van der Waals surface area contributed by atoms with Crippen LogP contribution in [0.4, 0.5) is 4.39 Å². The van der Waals surface area contributed by atoms with Gasteiger partial charge in [-0.15, -0.1) is 0 Å². The number of esters is 1. The molecule has 1 unspecified atom stereocenters. The van der Waals surface area contributed by atoms with E-state index in [1.165, 1.54) is 6.07 Å². The van der Waals surface area contributed by atoms with Crippen LogP contribution < -0.4 is 0 Å². The van der Waals surface area contributed by atoms with Crippen LogP contribution in [0.15, 0.2) is 24.3 Å². The maximum atomic E-state index is 14.5. The lowest BCUT2D eigenvalue weighted by Gasteiger charge is -2.38. The van der Waals surface area contributed by atoms with Crippen molar-refractivity contribution in [3.8, 4) is 0 Å². The second-order valence-electron chi connectivity index (χ2n) is 7.11. The average Bonchev–Trinajstić information content (AvgIpc) is 3.12. The molecular weight excluding hydrogens is 321 g/mol. The highest BCUT2D eigenvalue weighted by Crippen LogP contribution is 2.44. The molecule has 0 N–H and O–H groups in total. The summed E-state index contributed by atoms with van der Waals surface area (Å²) in [5, 5.41) is 0. The van der Waals surface area contributed by atoms with Gasteiger partial charge in [0.15, 0.2) is 0 Å². The minimum absolute atomic E-state index is 0.0240. The molecule has 25 heavy (non-hydrogen) atoms. The van der Waals surface area contributed by atoms with Crippen molar-refractivity contribution >= 4 is 11.9 Å². The Labute approximate surface area is 148 Å². The number of likely N-dealkylation sites (tertiary alicyclic amines) is 1. The Morgan fingerprint density at radius 1 is 1.24 bits per heavy atom. The molecule has 1 saturated heterocycles. The number of hydrogen-bond acceptors (Lipinski definition) is 3. The number of nitrogens with zero attached hydrogens (tertiary/aromatic N) is 1. The summed E-state index contributed by atoms with van der Waals surface area (Å²) >= 11 is 0. The highest BCUT2D eigenvalue weighted by Gasteiger charge is 2.47. The fourth-order valence-corrected chi connectivity index (χ4v) is 4.34. The lowest BCUT2D eigenvalue weighted by atomic mass is 9.76. The molecule has 1 aliphatic carbocycles. The van der Waals surface area contributed by atoms with Gasteiger partial charge in [-0.2, -0.15) is 0 Å². The van der Waals surface area contributed by atoms with Gasteiger partial charge < -0.3 is 9.64 Å². The van der Waals surface area contributed by atoms with Crippen molar-refractivity contribution < 1.29 is 18.7 Å². The second kappa shape index (κ2) is 7.54. The first kappa shape index (κ1) is 17.9. The molecule has 1 aliphatic heterocycles. The molecule has 2 fully saturated rings. The molecule has 0 bridgehead atoms. The SMILES string of the molecule is CCOC(=O)C1CCCN(C(=O)C2(c3ccccc3F)CCCC2)C1. The van der Waals surface area contributed by atoms with Crippen LogP contribution in [0.3, 0.4) is 0 Å². The summed E-state index contributed by atoms with van der Waals surface area (Å²) in [6.45, 7) is 3.15. The van der Waals surface area contributed by atoms with Crippen molar-refractivity contribution in [1.29, 1.82) is 0 Å². The zero-order valence-electron chi connectivity index (χ0n) is 14.8. The third-order valence-electron chi connectivity index (χ3n) is 5.58. The van der Waals surface area contributed by atoms with Gasteiger partial charge in [0.05, 0.1) is 17.9 Å².